The summed E-state index contributed by atoms with van der Waals surface area (Å²) in [6, 6.07) is 1.85. The molecule has 0 saturated heterocycles. The predicted molar refractivity (Wildman–Crippen MR) is 117 cm³/mol. The van der Waals surface area contributed by atoms with E-state index in [4.69, 9.17) is 4.42 Å². The highest BCUT2D eigenvalue weighted by molar-refractivity contribution is 7.98. The van der Waals surface area contributed by atoms with Gasteiger partial charge in [0.05, 0.1) is 27.8 Å². The molecule has 30 heavy (non-hydrogen) atoms. The zero-order chi connectivity index (χ0) is 21.4. The molecule has 0 amide bonds. The number of carbonyl (C=O) groups is 1. The smallest absolute Gasteiger partial charge is 0.259 e. The number of furan rings is 1. The number of aromatic amines is 1. The normalized spacial score (nSPS) is 11.3. The van der Waals surface area contributed by atoms with Crippen LogP contribution in [-0.2, 0) is 12.3 Å². The second-order valence-electron chi connectivity index (χ2n) is 6.69. The molecule has 0 aliphatic carbocycles. The molecule has 8 nitrogen and oxygen atoms in total. The van der Waals surface area contributed by atoms with Crippen molar-refractivity contribution >= 4 is 39.1 Å². The molecule has 1 N–H and O–H groups in total. The number of allylic oxidation sites excluding steroid dienone is 1. The van der Waals surface area contributed by atoms with Crippen LogP contribution in [0.5, 0.6) is 0 Å². The first kappa shape index (κ1) is 20.3. The molecule has 0 saturated carbocycles. The molecular formula is C20H19N5O3S2. The van der Waals surface area contributed by atoms with Crippen molar-refractivity contribution in [3.8, 4) is 11.4 Å². The summed E-state index contributed by atoms with van der Waals surface area (Å²) in [6.45, 7) is 9.49. The number of Topliss-reactive ketones (excluding diaryl/α,β-unsaturated/α-hetero) is 1. The second kappa shape index (κ2) is 8.04. The standard InChI is InChI=1S/C20H19N5O3S2/c1-5-7-25-17(13-6-8-28-12(13)4)23-24-20(25)29-9-14-21-18(27)15-10(2)16(11(3)26)30-19(15)22-14/h5-6,8H,1,7,9H2,2-4H3,(H,21,22,27). The summed E-state index contributed by atoms with van der Waals surface area (Å²) < 4.78 is 7.33. The zero-order valence-electron chi connectivity index (χ0n) is 16.7. The van der Waals surface area contributed by atoms with Crippen molar-refractivity contribution < 1.29 is 9.21 Å². The van der Waals surface area contributed by atoms with Gasteiger partial charge < -0.3 is 9.40 Å². The Morgan fingerprint density at radius 2 is 2.20 bits per heavy atom. The minimum Gasteiger partial charge on any atom is -0.469 e. The van der Waals surface area contributed by atoms with E-state index in [1.807, 2.05) is 17.6 Å². The van der Waals surface area contributed by atoms with Crippen molar-refractivity contribution in [1.29, 1.82) is 0 Å². The Hall–Kier alpha value is -2.98. The van der Waals surface area contributed by atoms with E-state index in [-0.39, 0.29) is 11.3 Å². The van der Waals surface area contributed by atoms with Gasteiger partial charge in [0.15, 0.2) is 16.8 Å². The molecule has 10 heteroatoms. The Morgan fingerprint density at radius 1 is 1.40 bits per heavy atom. The molecule has 154 valence electrons. The lowest BCUT2D eigenvalue weighted by molar-refractivity contribution is 0.102. The molecule has 0 unspecified atom stereocenters. The first-order valence-corrected chi connectivity index (χ1v) is 11.0. The molecule has 0 aliphatic rings. The minimum atomic E-state index is -0.237. The Bertz CT molecular complexity index is 1330. The van der Waals surface area contributed by atoms with E-state index >= 15 is 0 Å². The average molecular weight is 442 g/mol. The lowest BCUT2D eigenvalue weighted by atomic mass is 10.2. The topological polar surface area (TPSA) is 107 Å². The van der Waals surface area contributed by atoms with E-state index in [1.165, 1.54) is 30.0 Å². The van der Waals surface area contributed by atoms with Crippen molar-refractivity contribution in [1.82, 2.24) is 24.7 Å². The van der Waals surface area contributed by atoms with Crippen LogP contribution in [0.3, 0.4) is 0 Å². The van der Waals surface area contributed by atoms with E-state index in [2.05, 4.69) is 26.7 Å². The third kappa shape index (κ3) is 3.52. The third-order valence-electron chi connectivity index (χ3n) is 4.64. The fourth-order valence-electron chi connectivity index (χ4n) is 3.23. The molecule has 0 bridgehead atoms. The van der Waals surface area contributed by atoms with Gasteiger partial charge in [0, 0.05) is 6.54 Å². The molecule has 0 spiro atoms. The van der Waals surface area contributed by atoms with E-state index < -0.39 is 0 Å². The van der Waals surface area contributed by atoms with Crippen LogP contribution in [0.2, 0.25) is 0 Å². The maximum Gasteiger partial charge on any atom is 0.259 e. The van der Waals surface area contributed by atoms with Crippen molar-refractivity contribution in [3.63, 3.8) is 0 Å². The Balaban J connectivity index is 1.65. The number of rotatable bonds is 7. The van der Waals surface area contributed by atoms with Crippen molar-refractivity contribution in [2.45, 2.75) is 38.2 Å². The van der Waals surface area contributed by atoms with Gasteiger partial charge in [-0.05, 0) is 32.4 Å². The van der Waals surface area contributed by atoms with Gasteiger partial charge in [-0.15, -0.1) is 28.1 Å². The van der Waals surface area contributed by atoms with Crippen LogP contribution in [0.4, 0.5) is 0 Å². The molecule has 0 fully saturated rings. The largest absolute Gasteiger partial charge is 0.469 e. The molecule has 4 aromatic heterocycles. The quantitative estimate of drug-likeness (QED) is 0.261. The highest BCUT2D eigenvalue weighted by Gasteiger charge is 2.19. The number of thioether (sulfide) groups is 1. The van der Waals surface area contributed by atoms with Crippen LogP contribution in [0, 0.1) is 13.8 Å². The molecule has 0 aliphatic heterocycles. The molecule has 0 aromatic carbocycles. The number of thiophene rings is 1. The number of nitrogens with one attached hydrogen (secondary N) is 1. The van der Waals surface area contributed by atoms with Gasteiger partial charge in [-0.1, -0.05) is 17.8 Å². The highest BCUT2D eigenvalue weighted by atomic mass is 32.2. The van der Waals surface area contributed by atoms with E-state index in [1.54, 1.807) is 19.3 Å². The van der Waals surface area contributed by atoms with Gasteiger partial charge in [0.25, 0.3) is 5.56 Å². The SMILES string of the molecule is C=CCn1c(SCc2nc3sc(C(C)=O)c(C)c3c(=O)[nH]2)nnc1-c1ccoc1C. The number of nitrogens with zero attached hydrogens (tertiary/aromatic N) is 4. The molecule has 0 atom stereocenters. The van der Waals surface area contributed by atoms with E-state index in [0.29, 0.717) is 49.8 Å². The van der Waals surface area contributed by atoms with Gasteiger partial charge in [0.2, 0.25) is 0 Å². The Kier molecular flexibility index (Phi) is 5.44. The number of hydrogen-bond donors (Lipinski definition) is 1. The number of fused-ring (bicyclic) bond motifs is 1. The minimum absolute atomic E-state index is 0.0644. The maximum absolute atomic E-state index is 12.6. The number of aromatic nitrogens is 5. The Morgan fingerprint density at radius 3 is 2.87 bits per heavy atom. The fourth-order valence-corrected chi connectivity index (χ4v) is 5.14. The summed E-state index contributed by atoms with van der Waals surface area (Å²) in [5.74, 6) is 2.31. The molecule has 4 aromatic rings. The van der Waals surface area contributed by atoms with E-state index in [9.17, 15) is 9.59 Å². The first-order chi connectivity index (χ1) is 14.4. The van der Waals surface area contributed by atoms with Gasteiger partial charge in [-0.3, -0.25) is 14.2 Å². The van der Waals surface area contributed by atoms with Crippen molar-refractivity contribution in [3.05, 3.63) is 57.4 Å². The van der Waals surface area contributed by atoms with Crippen LogP contribution in [0.1, 0.15) is 33.7 Å². The fraction of sp³-hybridized carbons (Fsp3) is 0.250. The lowest BCUT2D eigenvalue weighted by Crippen LogP contribution is -2.11. The summed E-state index contributed by atoms with van der Waals surface area (Å²) in [7, 11) is 0. The predicted octanol–water partition coefficient (Wildman–Crippen LogP) is 4.13. The highest BCUT2D eigenvalue weighted by Crippen LogP contribution is 2.30. The van der Waals surface area contributed by atoms with Crippen molar-refractivity contribution in [2.24, 2.45) is 0 Å². The molecule has 0 radical (unpaired) electrons. The second-order valence-corrected chi connectivity index (χ2v) is 8.63. The number of hydrogen-bond acceptors (Lipinski definition) is 8. The summed E-state index contributed by atoms with van der Waals surface area (Å²) in [6.07, 6.45) is 3.39. The number of H-pyrrole nitrogens is 1. The summed E-state index contributed by atoms with van der Waals surface area (Å²) >= 11 is 2.67. The van der Waals surface area contributed by atoms with Crippen LogP contribution in [0.25, 0.3) is 21.6 Å². The summed E-state index contributed by atoms with van der Waals surface area (Å²) in [4.78, 5) is 32.9. The maximum atomic E-state index is 12.6. The average Bonchev–Trinajstić information content (AvgIpc) is 3.38. The summed E-state index contributed by atoms with van der Waals surface area (Å²) in [5, 5.41) is 9.77. The first-order valence-electron chi connectivity index (χ1n) is 9.15. The van der Waals surface area contributed by atoms with Gasteiger partial charge in [0.1, 0.15) is 16.4 Å². The van der Waals surface area contributed by atoms with Crippen LogP contribution < -0.4 is 5.56 Å². The van der Waals surface area contributed by atoms with Gasteiger partial charge in [-0.2, -0.15) is 0 Å². The third-order valence-corrected chi connectivity index (χ3v) is 6.90. The Labute approximate surface area is 180 Å². The molecule has 4 rings (SSSR count). The van der Waals surface area contributed by atoms with Crippen LogP contribution in [0.15, 0.2) is 39.4 Å². The lowest BCUT2D eigenvalue weighted by Gasteiger charge is -2.07. The molecular weight excluding hydrogens is 422 g/mol. The number of aryl methyl sites for hydroxylation is 2. The number of ketones is 1. The van der Waals surface area contributed by atoms with Gasteiger partial charge >= 0.3 is 0 Å². The van der Waals surface area contributed by atoms with Gasteiger partial charge in [-0.25, -0.2) is 4.98 Å². The van der Waals surface area contributed by atoms with E-state index in [0.717, 1.165) is 11.3 Å². The van der Waals surface area contributed by atoms with Crippen LogP contribution >= 0.6 is 23.1 Å². The van der Waals surface area contributed by atoms with Crippen LogP contribution in [-0.4, -0.2) is 30.5 Å². The zero-order valence-corrected chi connectivity index (χ0v) is 18.3. The monoisotopic (exact) mass is 441 g/mol. The van der Waals surface area contributed by atoms with Crippen molar-refractivity contribution in [2.75, 3.05) is 0 Å². The molecule has 4 heterocycles. The number of carbonyl (C=O) groups excluding carboxylic acids is 1. The summed E-state index contributed by atoms with van der Waals surface area (Å²) in [5.41, 5.74) is 1.32.